The maximum atomic E-state index is 12.0. The van der Waals surface area contributed by atoms with Crippen LogP contribution in [0.15, 0.2) is 0 Å². The van der Waals surface area contributed by atoms with Crippen LogP contribution in [0, 0.1) is 0 Å². The Kier molecular flexibility index (Phi) is 9.34. The van der Waals surface area contributed by atoms with Gasteiger partial charge < -0.3 is 31.9 Å². The van der Waals surface area contributed by atoms with Crippen LogP contribution in [-0.4, -0.2) is 70.8 Å². The van der Waals surface area contributed by atoms with E-state index in [1.54, 1.807) is 0 Å². The van der Waals surface area contributed by atoms with Crippen molar-refractivity contribution in [1.82, 2.24) is 16.0 Å². The highest BCUT2D eigenvalue weighted by molar-refractivity contribution is 7.80. The lowest BCUT2D eigenvalue weighted by molar-refractivity contribution is -0.141. The maximum Gasteiger partial charge on any atom is 0.322 e. The molecule has 0 aliphatic rings. The number of carboxylic acid groups (broad SMARTS) is 2. The zero-order valence-electron chi connectivity index (χ0n) is 11.9. The summed E-state index contributed by atoms with van der Waals surface area (Å²) in [5.41, 5.74) is 5.07. The highest BCUT2D eigenvalue weighted by atomic mass is 32.1. The molecule has 12 heteroatoms. The fourth-order valence-electron chi connectivity index (χ4n) is 1.39. The molecule has 0 fully saturated rings. The van der Waals surface area contributed by atoms with Gasteiger partial charge in [0.1, 0.15) is 18.6 Å². The van der Waals surface area contributed by atoms with Gasteiger partial charge in [0.2, 0.25) is 17.7 Å². The minimum absolute atomic E-state index is 0.165. The predicted molar refractivity (Wildman–Crippen MR) is 79.7 cm³/mol. The van der Waals surface area contributed by atoms with E-state index in [1.807, 2.05) is 5.32 Å². The Morgan fingerprint density at radius 1 is 0.957 bits per heavy atom. The van der Waals surface area contributed by atoms with Gasteiger partial charge in [-0.15, -0.1) is 0 Å². The molecule has 7 N–H and O–H groups in total. The Bertz CT molecular complexity index is 485. The molecule has 0 heterocycles. The summed E-state index contributed by atoms with van der Waals surface area (Å²) in [6.07, 6.45) is -0.715. The van der Waals surface area contributed by atoms with E-state index in [-0.39, 0.29) is 5.75 Å². The van der Waals surface area contributed by atoms with Crippen LogP contribution in [0.1, 0.15) is 6.42 Å². The Labute approximate surface area is 136 Å². The average Bonchev–Trinajstić information content (AvgIpc) is 2.48. The van der Waals surface area contributed by atoms with Gasteiger partial charge in [0.15, 0.2) is 0 Å². The van der Waals surface area contributed by atoms with Gasteiger partial charge in [-0.3, -0.25) is 24.0 Å². The van der Waals surface area contributed by atoms with Crippen LogP contribution in [0.25, 0.3) is 0 Å². The molecule has 3 amide bonds. The molecule has 0 saturated carbocycles. The minimum Gasteiger partial charge on any atom is -0.481 e. The lowest BCUT2D eigenvalue weighted by Crippen LogP contribution is -2.55. The third kappa shape index (κ3) is 8.63. The van der Waals surface area contributed by atoms with Gasteiger partial charge in [-0.2, -0.15) is 12.6 Å². The van der Waals surface area contributed by atoms with Crippen molar-refractivity contribution in [3.63, 3.8) is 0 Å². The van der Waals surface area contributed by atoms with Crippen molar-refractivity contribution in [2.75, 3.05) is 18.8 Å². The Hall–Kier alpha value is -2.34. The number of nitrogens with two attached hydrogens (primary N) is 1. The molecule has 0 bridgehead atoms. The average molecular weight is 350 g/mol. The van der Waals surface area contributed by atoms with Crippen molar-refractivity contribution in [1.29, 1.82) is 0 Å². The summed E-state index contributed by atoms with van der Waals surface area (Å²) >= 11 is 3.85. The topological polar surface area (TPSA) is 188 Å². The standard InChI is InChI=1S/C11H18N4O7S/c12-2-7(16)14-5(1-8(17)18)11(22)15-6(4-23)10(21)13-3-9(19)20/h5-6,23H,1-4,12H2,(H,13,21)(H,14,16)(H,15,22)(H,17,18)(H,19,20). The summed E-state index contributed by atoms with van der Waals surface area (Å²) in [5.74, 6) is -5.28. The number of aliphatic carboxylic acids is 2. The second-order valence-electron chi connectivity index (χ2n) is 4.28. The fraction of sp³-hybridized carbons (Fsp3) is 0.545. The quantitative estimate of drug-likeness (QED) is 0.198. The van der Waals surface area contributed by atoms with Gasteiger partial charge >= 0.3 is 11.9 Å². The summed E-state index contributed by atoms with van der Waals surface area (Å²) in [6.45, 7) is -1.10. The van der Waals surface area contributed by atoms with Crippen LogP contribution in [0.3, 0.4) is 0 Å². The number of carbonyl (C=O) groups excluding carboxylic acids is 3. The first-order valence-corrected chi connectivity index (χ1v) is 6.96. The summed E-state index contributed by atoms with van der Waals surface area (Å²) in [4.78, 5) is 56.0. The van der Waals surface area contributed by atoms with Crippen LogP contribution in [0.5, 0.6) is 0 Å². The van der Waals surface area contributed by atoms with Gasteiger partial charge in [0.05, 0.1) is 13.0 Å². The summed E-state index contributed by atoms with van der Waals surface area (Å²) in [5, 5.41) is 23.5. The molecule has 0 spiro atoms. The van der Waals surface area contributed by atoms with Gasteiger partial charge in [-0.25, -0.2) is 0 Å². The number of rotatable bonds is 10. The molecule has 2 unspecified atom stereocenters. The highest BCUT2D eigenvalue weighted by Crippen LogP contribution is 1.97. The van der Waals surface area contributed by atoms with E-state index in [2.05, 4.69) is 23.3 Å². The van der Waals surface area contributed by atoms with Crippen LogP contribution in [0.2, 0.25) is 0 Å². The Balaban J connectivity index is 4.83. The van der Waals surface area contributed by atoms with Crippen molar-refractivity contribution in [2.24, 2.45) is 5.73 Å². The van der Waals surface area contributed by atoms with Crippen molar-refractivity contribution >= 4 is 42.3 Å². The lowest BCUT2D eigenvalue weighted by Gasteiger charge is -2.20. The molecule has 0 radical (unpaired) electrons. The van der Waals surface area contributed by atoms with E-state index in [0.29, 0.717) is 0 Å². The molecule has 0 aromatic rings. The first kappa shape index (κ1) is 20.7. The number of carboxylic acids is 2. The molecular formula is C11H18N4O7S. The molecule has 130 valence electrons. The zero-order chi connectivity index (χ0) is 18.0. The smallest absolute Gasteiger partial charge is 0.322 e. The fourth-order valence-corrected chi connectivity index (χ4v) is 1.65. The third-order valence-electron chi connectivity index (χ3n) is 2.45. The van der Waals surface area contributed by atoms with E-state index in [4.69, 9.17) is 15.9 Å². The van der Waals surface area contributed by atoms with Gasteiger partial charge in [0, 0.05) is 5.75 Å². The summed E-state index contributed by atoms with van der Waals surface area (Å²) < 4.78 is 0. The molecule has 23 heavy (non-hydrogen) atoms. The van der Waals surface area contributed by atoms with Gasteiger partial charge in [-0.1, -0.05) is 0 Å². The minimum atomic E-state index is -1.43. The Morgan fingerprint density at radius 2 is 1.57 bits per heavy atom. The van der Waals surface area contributed by atoms with E-state index in [0.717, 1.165) is 0 Å². The van der Waals surface area contributed by atoms with Crippen LogP contribution < -0.4 is 21.7 Å². The SMILES string of the molecule is NCC(=O)NC(CC(=O)O)C(=O)NC(CS)C(=O)NCC(=O)O. The van der Waals surface area contributed by atoms with E-state index >= 15 is 0 Å². The first-order valence-electron chi connectivity index (χ1n) is 6.33. The molecule has 0 saturated heterocycles. The summed E-state index contributed by atoms with van der Waals surface area (Å²) in [7, 11) is 0. The second-order valence-corrected chi connectivity index (χ2v) is 4.64. The monoisotopic (exact) mass is 350 g/mol. The van der Waals surface area contributed by atoms with Crippen LogP contribution in [-0.2, 0) is 24.0 Å². The number of nitrogens with one attached hydrogen (secondary N) is 3. The summed E-state index contributed by atoms with van der Waals surface area (Å²) in [6, 6.07) is -2.63. The molecule has 0 aliphatic heterocycles. The number of thiol groups is 1. The van der Waals surface area contributed by atoms with Crippen LogP contribution in [0.4, 0.5) is 0 Å². The van der Waals surface area contributed by atoms with Crippen molar-refractivity contribution in [2.45, 2.75) is 18.5 Å². The van der Waals surface area contributed by atoms with Gasteiger partial charge in [0.25, 0.3) is 0 Å². The third-order valence-corrected chi connectivity index (χ3v) is 2.81. The van der Waals surface area contributed by atoms with E-state index in [9.17, 15) is 24.0 Å². The van der Waals surface area contributed by atoms with Crippen LogP contribution >= 0.6 is 12.6 Å². The van der Waals surface area contributed by atoms with E-state index in [1.165, 1.54) is 0 Å². The van der Waals surface area contributed by atoms with Gasteiger partial charge in [-0.05, 0) is 0 Å². The number of amides is 3. The molecule has 11 nitrogen and oxygen atoms in total. The number of hydrogen-bond acceptors (Lipinski definition) is 7. The van der Waals surface area contributed by atoms with Crippen molar-refractivity contribution in [3.05, 3.63) is 0 Å². The second kappa shape index (κ2) is 10.4. The first-order chi connectivity index (χ1) is 10.7. The number of carbonyl (C=O) groups is 5. The highest BCUT2D eigenvalue weighted by Gasteiger charge is 2.27. The van der Waals surface area contributed by atoms with E-state index < -0.39 is 61.3 Å². The number of hydrogen-bond donors (Lipinski definition) is 7. The molecule has 0 aliphatic carbocycles. The predicted octanol–water partition coefficient (Wildman–Crippen LogP) is -3.48. The normalized spacial score (nSPS) is 12.6. The van der Waals surface area contributed by atoms with Crippen molar-refractivity contribution < 1.29 is 34.2 Å². The Morgan fingerprint density at radius 3 is 2.00 bits per heavy atom. The lowest BCUT2D eigenvalue weighted by atomic mass is 10.1. The molecule has 2 atom stereocenters. The largest absolute Gasteiger partial charge is 0.481 e. The molecule has 0 aromatic carbocycles. The zero-order valence-corrected chi connectivity index (χ0v) is 12.8. The molecule has 0 rings (SSSR count). The van der Waals surface area contributed by atoms with Crippen molar-refractivity contribution in [3.8, 4) is 0 Å². The molecule has 0 aromatic heterocycles. The molecular weight excluding hydrogens is 332 g/mol. The maximum absolute atomic E-state index is 12.0.